The molecule has 0 radical (unpaired) electrons. The number of fused-ring (bicyclic) bond motifs is 1. The summed E-state index contributed by atoms with van der Waals surface area (Å²) in [5.41, 5.74) is 2.20. The molecule has 0 saturated heterocycles. The zero-order valence-corrected chi connectivity index (χ0v) is 14.2. The van der Waals surface area contributed by atoms with Crippen molar-refractivity contribution in [3.05, 3.63) is 86.8 Å². The molecular weight excluding hydrogens is 350 g/mol. The number of nitrogens with zero attached hydrogens (tertiary/aromatic N) is 2. The Morgan fingerprint density at radius 3 is 2.63 bits per heavy atom. The van der Waals surface area contributed by atoms with Crippen molar-refractivity contribution in [3.8, 4) is 11.3 Å². The number of aryl methyl sites for hydroxylation is 1. The number of para-hydroxylation sites is 1. The van der Waals surface area contributed by atoms with Gasteiger partial charge < -0.3 is 20.0 Å². The van der Waals surface area contributed by atoms with Crippen LogP contribution in [0.1, 0.15) is 27.8 Å². The van der Waals surface area contributed by atoms with E-state index in [4.69, 9.17) is 4.42 Å². The van der Waals surface area contributed by atoms with E-state index in [-0.39, 0.29) is 11.4 Å². The van der Waals surface area contributed by atoms with Crippen molar-refractivity contribution in [1.29, 1.82) is 0 Å². The van der Waals surface area contributed by atoms with E-state index in [1.165, 1.54) is 12.1 Å². The van der Waals surface area contributed by atoms with Crippen LogP contribution in [0.5, 0.6) is 0 Å². The molecule has 4 rings (SSSR count). The minimum absolute atomic E-state index is 0.00934. The first kappa shape index (κ1) is 16.8. The molecule has 0 aliphatic carbocycles. The van der Waals surface area contributed by atoms with Gasteiger partial charge in [0.25, 0.3) is 5.69 Å². The van der Waals surface area contributed by atoms with Gasteiger partial charge in [-0.05, 0) is 42.8 Å². The van der Waals surface area contributed by atoms with Gasteiger partial charge in [-0.1, -0.05) is 12.1 Å². The molecule has 0 spiro atoms. The molecule has 8 nitrogen and oxygen atoms in total. The Hall–Kier alpha value is -3.65. The number of nitro groups is 1. The molecule has 3 aromatic rings. The standard InChI is InChI=1S/C19H14N3O5/c1-11-10-12(22(25)26)6-7-13(11)16-8-9-17(27-16)18-20-15-5-3-2-4-14(15)19(23)21(18)24/h2-10,18,20H,1H3/q-1. The average molecular weight is 364 g/mol. The Balaban J connectivity index is 1.67. The van der Waals surface area contributed by atoms with Crippen LogP contribution in [0, 0.1) is 22.2 Å². The summed E-state index contributed by atoms with van der Waals surface area (Å²) < 4.78 is 5.80. The molecule has 8 heteroatoms. The highest BCUT2D eigenvalue weighted by atomic mass is 16.6. The maximum absolute atomic E-state index is 12.4. The van der Waals surface area contributed by atoms with Gasteiger partial charge in [0.05, 0.1) is 10.5 Å². The van der Waals surface area contributed by atoms with Crippen LogP contribution < -0.4 is 5.32 Å². The number of non-ortho nitro benzene ring substituents is 1. The van der Waals surface area contributed by atoms with Gasteiger partial charge in [-0.25, -0.2) is 0 Å². The lowest BCUT2D eigenvalue weighted by Crippen LogP contribution is -2.38. The van der Waals surface area contributed by atoms with Crippen molar-refractivity contribution >= 4 is 17.3 Å². The third-order valence-corrected chi connectivity index (χ3v) is 4.47. The number of hydrogen-bond acceptors (Lipinski definition) is 6. The molecule has 1 atom stereocenters. The third kappa shape index (κ3) is 2.81. The number of furan rings is 1. The van der Waals surface area contributed by atoms with Crippen LogP contribution in [0.2, 0.25) is 0 Å². The Morgan fingerprint density at radius 1 is 1.11 bits per heavy atom. The molecule has 136 valence electrons. The first-order chi connectivity index (χ1) is 13.0. The van der Waals surface area contributed by atoms with E-state index >= 15 is 0 Å². The molecule has 1 aromatic heterocycles. The molecule has 27 heavy (non-hydrogen) atoms. The first-order valence-corrected chi connectivity index (χ1v) is 8.17. The summed E-state index contributed by atoms with van der Waals surface area (Å²) in [5, 5.41) is 26.6. The van der Waals surface area contributed by atoms with E-state index in [2.05, 4.69) is 5.32 Å². The smallest absolute Gasteiger partial charge is 0.269 e. The number of benzene rings is 2. The van der Waals surface area contributed by atoms with Crippen molar-refractivity contribution in [2.75, 3.05) is 5.32 Å². The molecule has 0 bridgehead atoms. The fraction of sp³-hybridized carbons (Fsp3) is 0.105. The molecule has 1 aliphatic rings. The van der Waals surface area contributed by atoms with Crippen LogP contribution in [0.3, 0.4) is 0 Å². The number of anilines is 1. The molecule has 0 saturated carbocycles. The maximum atomic E-state index is 12.4. The lowest BCUT2D eigenvalue weighted by Gasteiger charge is -2.41. The SMILES string of the molecule is Cc1cc([N+](=O)[O-])ccc1-c1ccc(C2Nc3ccccc3C(=O)N2[O-])o1. The maximum Gasteiger partial charge on any atom is 0.269 e. The van der Waals surface area contributed by atoms with E-state index in [1.807, 2.05) is 0 Å². The lowest BCUT2D eigenvalue weighted by molar-refractivity contribution is -0.384. The lowest BCUT2D eigenvalue weighted by atomic mass is 10.1. The van der Waals surface area contributed by atoms with Gasteiger partial charge >= 0.3 is 0 Å². The molecule has 1 amide bonds. The first-order valence-electron chi connectivity index (χ1n) is 8.17. The average Bonchev–Trinajstić information content (AvgIpc) is 3.14. The highest BCUT2D eigenvalue weighted by molar-refractivity contribution is 6.01. The van der Waals surface area contributed by atoms with Crippen molar-refractivity contribution in [2.45, 2.75) is 13.1 Å². The van der Waals surface area contributed by atoms with Crippen LogP contribution >= 0.6 is 0 Å². The quantitative estimate of drug-likeness (QED) is 0.550. The van der Waals surface area contributed by atoms with E-state index < -0.39 is 17.0 Å². The predicted molar refractivity (Wildman–Crippen MR) is 97.9 cm³/mol. The van der Waals surface area contributed by atoms with Gasteiger partial charge in [0.15, 0.2) is 6.17 Å². The van der Waals surface area contributed by atoms with Crippen molar-refractivity contribution in [3.63, 3.8) is 0 Å². The number of carbonyl (C=O) groups is 1. The summed E-state index contributed by atoms with van der Waals surface area (Å²) in [6.45, 7) is 1.74. The van der Waals surface area contributed by atoms with Crippen molar-refractivity contribution < 1.29 is 14.1 Å². The molecule has 1 unspecified atom stereocenters. The second kappa shape index (κ2) is 6.26. The highest BCUT2D eigenvalue weighted by Gasteiger charge is 2.29. The summed E-state index contributed by atoms with van der Waals surface area (Å²) >= 11 is 0. The predicted octanol–water partition coefficient (Wildman–Crippen LogP) is 4.23. The summed E-state index contributed by atoms with van der Waals surface area (Å²) in [4.78, 5) is 22.7. The molecule has 2 aromatic carbocycles. The van der Waals surface area contributed by atoms with Gasteiger partial charge in [0.2, 0.25) is 5.91 Å². The Morgan fingerprint density at radius 2 is 1.89 bits per heavy atom. The molecule has 0 fully saturated rings. The molecular formula is C19H14N3O5-. The van der Waals surface area contributed by atoms with Crippen LogP contribution in [-0.2, 0) is 0 Å². The van der Waals surface area contributed by atoms with Gasteiger partial charge in [0.1, 0.15) is 11.5 Å². The van der Waals surface area contributed by atoms with E-state index in [1.54, 1.807) is 49.4 Å². The Kier molecular flexibility index (Phi) is 3.89. The van der Waals surface area contributed by atoms with Crippen molar-refractivity contribution in [1.82, 2.24) is 5.06 Å². The fourth-order valence-electron chi connectivity index (χ4n) is 3.11. The number of carbonyl (C=O) groups excluding carboxylic acids is 1. The third-order valence-electron chi connectivity index (χ3n) is 4.47. The van der Waals surface area contributed by atoms with Gasteiger partial charge in [0, 0.05) is 23.4 Å². The Labute approximate surface area is 153 Å². The topological polar surface area (TPSA) is 112 Å². The Bertz CT molecular complexity index is 1060. The number of hydroxylamine groups is 2. The zero-order valence-electron chi connectivity index (χ0n) is 14.2. The van der Waals surface area contributed by atoms with E-state index in [0.717, 1.165) is 0 Å². The summed E-state index contributed by atoms with van der Waals surface area (Å²) in [5.74, 6) is 0.0957. The largest absolute Gasteiger partial charge is 0.754 e. The molecule has 1 N–H and O–H groups in total. The van der Waals surface area contributed by atoms with Crippen LogP contribution in [0.15, 0.2) is 59.0 Å². The number of hydrogen-bond donors (Lipinski definition) is 1. The number of nitro benzene ring substituents is 1. The normalized spacial score (nSPS) is 16.0. The summed E-state index contributed by atoms with van der Waals surface area (Å²) in [6, 6.07) is 14.5. The number of amides is 1. The van der Waals surface area contributed by atoms with Crippen molar-refractivity contribution in [2.24, 2.45) is 0 Å². The number of rotatable bonds is 3. The second-order valence-corrected chi connectivity index (χ2v) is 6.18. The van der Waals surface area contributed by atoms with E-state index in [0.29, 0.717) is 33.2 Å². The van der Waals surface area contributed by atoms with Gasteiger partial charge in [-0.15, -0.1) is 0 Å². The van der Waals surface area contributed by atoms with E-state index in [9.17, 15) is 20.1 Å². The minimum atomic E-state index is -0.987. The highest BCUT2D eigenvalue weighted by Crippen LogP contribution is 2.35. The van der Waals surface area contributed by atoms with Crippen LogP contribution in [-0.4, -0.2) is 15.9 Å². The minimum Gasteiger partial charge on any atom is -0.754 e. The number of nitrogens with one attached hydrogen (secondary N) is 1. The van der Waals surface area contributed by atoms with Crippen LogP contribution in [0.25, 0.3) is 11.3 Å². The van der Waals surface area contributed by atoms with Gasteiger partial charge in [-0.2, -0.15) is 0 Å². The zero-order chi connectivity index (χ0) is 19.1. The molecule has 1 aliphatic heterocycles. The fourth-order valence-corrected chi connectivity index (χ4v) is 3.11. The van der Waals surface area contributed by atoms with Gasteiger partial charge in [-0.3, -0.25) is 14.9 Å². The second-order valence-electron chi connectivity index (χ2n) is 6.18. The molecule has 2 heterocycles. The summed E-state index contributed by atoms with van der Waals surface area (Å²) in [7, 11) is 0. The van der Waals surface area contributed by atoms with Crippen LogP contribution in [0.4, 0.5) is 11.4 Å². The monoisotopic (exact) mass is 364 g/mol. The summed E-state index contributed by atoms with van der Waals surface area (Å²) in [6.07, 6.45) is -0.987.